The van der Waals surface area contributed by atoms with E-state index in [2.05, 4.69) is 15.0 Å². The number of pyridine rings is 1. The summed E-state index contributed by atoms with van der Waals surface area (Å²) in [6, 6.07) is 7.50. The summed E-state index contributed by atoms with van der Waals surface area (Å²) < 4.78 is 0. The van der Waals surface area contributed by atoms with Crippen molar-refractivity contribution in [2.24, 2.45) is 0 Å². The van der Waals surface area contributed by atoms with E-state index >= 15 is 0 Å². The molecule has 0 spiro atoms. The number of nitrogens with zero attached hydrogens (tertiary/aromatic N) is 3. The number of nitro groups is 1. The van der Waals surface area contributed by atoms with Gasteiger partial charge in [0.2, 0.25) is 0 Å². The molecule has 7 nitrogen and oxygen atoms in total. The lowest BCUT2D eigenvalue weighted by Crippen LogP contribution is -2.10. The van der Waals surface area contributed by atoms with Crippen LogP contribution in [0.2, 0.25) is 0 Å². The Hall–Kier alpha value is -3.09. The Morgan fingerprint density at radius 2 is 2.10 bits per heavy atom. The molecule has 0 saturated carbocycles. The first-order chi connectivity index (χ1) is 9.65. The molecule has 3 aromatic rings. The van der Waals surface area contributed by atoms with Gasteiger partial charge in [-0.05, 0) is 18.2 Å². The van der Waals surface area contributed by atoms with E-state index in [0.717, 1.165) is 0 Å². The highest BCUT2D eigenvalue weighted by Gasteiger charge is 2.11. The summed E-state index contributed by atoms with van der Waals surface area (Å²) in [4.78, 5) is 33.0. The number of aromatic amines is 1. The molecular formula is C13H8N4O3. The van der Waals surface area contributed by atoms with Crippen LogP contribution in [0.4, 0.5) is 5.69 Å². The molecule has 98 valence electrons. The fourth-order valence-electron chi connectivity index (χ4n) is 1.88. The number of rotatable bonds is 2. The standard InChI is InChI=1S/C13H8N4O3/c18-13-10-6-9(17(19)20)3-4-11(10)15-12(16-13)8-2-1-5-14-7-8/h1-7H,(H,15,16,18). The smallest absolute Gasteiger partial charge is 0.270 e. The number of hydrogen-bond donors (Lipinski definition) is 1. The van der Waals surface area contributed by atoms with E-state index in [0.29, 0.717) is 16.9 Å². The van der Waals surface area contributed by atoms with Gasteiger partial charge in [-0.1, -0.05) is 0 Å². The van der Waals surface area contributed by atoms with Crippen LogP contribution in [0.25, 0.3) is 22.3 Å². The van der Waals surface area contributed by atoms with Crippen molar-refractivity contribution in [2.75, 3.05) is 0 Å². The molecule has 1 N–H and O–H groups in total. The van der Waals surface area contributed by atoms with E-state index in [4.69, 9.17) is 0 Å². The second-order valence-corrected chi connectivity index (χ2v) is 4.11. The van der Waals surface area contributed by atoms with Crippen molar-refractivity contribution < 1.29 is 4.92 Å². The Kier molecular flexibility index (Phi) is 2.72. The van der Waals surface area contributed by atoms with Crippen molar-refractivity contribution in [3.05, 3.63) is 63.2 Å². The highest BCUT2D eigenvalue weighted by Crippen LogP contribution is 2.19. The molecule has 7 heteroatoms. The maximum atomic E-state index is 12.0. The molecule has 0 fully saturated rings. The molecule has 0 aliphatic heterocycles. The third-order valence-electron chi connectivity index (χ3n) is 2.83. The van der Waals surface area contributed by atoms with Crippen LogP contribution in [0.5, 0.6) is 0 Å². The molecule has 0 bridgehead atoms. The van der Waals surface area contributed by atoms with E-state index < -0.39 is 10.5 Å². The van der Waals surface area contributed by atoms with Crippen molar-refractivity contribution >= 4 is 16.6 Å². The molecule has 0 unspecified atom stereocenters. The molecule has 2 heterocycles. The van der Waals surface area contributed by atoms with Crippen molar-refractivity contribution in [2.45, 2.75) is 0 Å². The molecule has 0 saturated heterocycles. The predicted molar refractivity (Wildman–Crippen MR) is 72.2 cm³/mol. The minimum Gasteiger partial charge on any atom is -0.306 e. The number of hydrogen-bond acceptors (Lipinski definition) is 5. The van der Waals surface area contributed by atoms with Gasteiger partial charge in [-0.3, -0.25) is 19.9 Å². The molecule has 0 radical (unpaired) electrons. The lowest BCUT2D eigenvalue weighted by molar-refractivity contribution is -0.384. The second kappa shape index (κ2) is 4.54. The molecule has 1 aromatic carbocycles. The Morgan fingerprint density at radius 1 is 1.25 bits per heavy atom. The van der Waals surface area contributed by atoms with Crippen molar-refractivity contribution in [1.82, 2.24) is 15.0 Å². The largest absolute Gasteiger partial charge is 0.306 e. The fraction of sp³-hybridized carbons (Fsp3) is 0. The van der Waals surface area contributed by atoms with Gasteiger partial charge >= 0.3 is 0 Å². The number of fused-ring (bicyclic) bond motifs is 1. The first-order valence-electron chi connectivity index (χ1n) is 5.74. The second-order valence-electron chi connectivity index (χ2n) is 4.11. The van der Waals surface area contributed by atoms with Crippen LogP contribution in [0.1, 0.15) is 0 Å². The van der Waals surface area contributed by atoms with Crippen LogP contribution in [0, 0.1) is 10.1 Å². The van der Waals surface area contributed by atoms with E-state index in [1.165, 1.54) is 18.2 Å². The normalized spacial score (nSPS) is 10.6. The molecular weight excluding hydrogens is 260 g/mol. The number of nitrogens with one attached hydrogen (secondary N) is 1. The minimum atomic E-state index is -0.548. The zero-order valence-corrected chi connectivity index (χ0v) is 10.1. The van der Waals surface area contributed by atoms with Gasteiger partial charge in [-0.25, -0.2) is 4.98 Å². The topological polar surface area (TPSA) is 102 Å². The Bertz CT molecular complexity index is 858. The maximum absolute atomic E-state index is 12.0. The molecule has 0 atom stereocenters. The number of non-ortho nitro benzene ring substituents is 1. The summed E-state index contributed by atoms with van der Waals surface area (Å²) in [5.74, 6) is 0.379. The number of benzene rings is 1. The first-order valence-corrected chi connectivity index (χ1v) is 5.74. The summed E-state index contributed by atoms with van der Waals surface area (Å²) in [7, 11) is 0. The Morgan fingerprint density at radius 3 is 2.80 bits per heavy atom. The van der Waals surface area contributed by atoms with Crippen LogP contribution >= 0.6 is 0 Å². The van der Waals surface area contributed by atoms with E-state index in [1.807, 2.05) is 0 Å². The SMILES string of the molecule is O=c1[nH]c(-c2cccnc2)nc2ccc([N+](=O)[O-])cc12. The third kappa shape index (κ3) is 2.01. The highest BCUT2D eigenvalue weighted by molar-refractivity contribution is 5.81. The van der Waals surface area contributed by atoms with E-state index in [9.17, 15) is 14.9 Å². The number of H-pyrrole nitrogens is 1. The van der Waals surface area contributed by atoms with Crippen LogP contribution < -0.4 is 5.56 Å². The zero-order valence-electron chi connectivity index (χ0n) is 10.1. The summed E-state index contributed by atoms with van der Waals surface area (Å²) in [5, 5.41) is 10.9. The van der Waals surface area contributed by atoms with Crippen LogP contribution in [0.15, 0.2) is 47.5 Å². The number of aromatic nitrogens is 3. The van der Waals surface area contributed by atoms with Gasteiger partial charge < -0.3 is 4.98 Å². The summed E-state index contributed by atoms with van der Waals surface area (Å²) in [5.41, 5.74) is 0.513. The van der Waals surface area contributed by atoms with Crippen molar-refractivity contribution in [3.63, 3.8) is 0 Å². The monoisotopic (exact) mass is 268 g/mol. The molecule has 0 aliphatic carbocycles. The van der Waals surface area contributed by atoms with Crippen molar-refractivity contribution in [3.8, 4) is 11.4 Å². The quantitative estimate of drug-likeness (QED) is 0.564. The summed E-state index contributed by atoms with van der Waals surface area (Å²) in [6.07, 6.45) is 3.20. The maximum Gasteiger partial charge on any atom is 0.270 e. The van der Waals surface area contributed by atoms with Gasteiger partial charge in [0, 0.05) is 30.1 Å². The van der Waals surface area contributed by atoms with Gasteiger partial charge in [-0.2, -0.15) is 0 Å². The predicted octanol–water partition coefficient (Wildman–Crippen LogP) is 1.89. The zero-order chi connectivity index (χ0) is 14.1. The molecule has 3 rings (SSSR count). The third-order valence-corrected chi connectivity index (χ3v) is 2.83. The average Bonchev–Trinajstić information content (AvgIpc) is 2.47. The summed E-state index contributed by atoms with van der Waals surface area (Å²) >= 11 is 0. The average molecular weight is 268 g/mol. The van der Waals surface area contributed by atoms with Crippen molar-refractivity contribution in [1.29, 1.82) is 0 Å². The Labute approximate surface area is 112 Å². The summed E-state index contributed by atoms with van der Waals surface area (Å²) in [6.45, 7) is 0. The minimum absolute atomic E-state index is 0.140. The van der Waals surface area contributed by atoms with Crippen LogP contribution in [-0.4, -0.2) is 19.9 Å². The van der Waals surface area contributed by atoms with Crippen LogP contribution in [-0.2, 0) is 0 Å². The van der Waals surface area contributed by atoms with E-state index in [1.54, 1.807) is 24.5 Å². The Balaban J connectivity index is 2.24. The molecule has 2 aromatic heterocycles. The van der Waals surface area contributed by atoms with Gasteiger partial charge in [0.1, 0.15) is 5.82 Å². The molecule has 0 amide bonds. The van der Waals surface area contributed by atoms with Gasteiger partial charge in [0.15, 0.2) is 0 Å². The first kappa shape index (κ1) is 12.0. The van der Waals surface area contributed by atoms with Gasteiger partial charge in [-0.15, -0.1) is 0 Å². The fourth-order valence-corrected chi connectivity index (χ4v) is 1.88. The molecule has 20 heavy (non-hydrogen) atoms. The van der Waals surface area contributed by atoms with Gasteiger partial charge in [0.05, 0.1) is 15.8 Å². The van der Waals surface area contributed by atoms with E-state index in [-0.39, 0.29) is 11.1 Å². The van der Waals surface area contributed by atoms with Gasteiger partial charge in [0.25, 0.3) is 11.2 Å². The molecule has 0 aliphatic rings. The number of nitro benzene ring substituents is 1. The highest BCUT2D eigenvalue weighted by atomic mass is 16.6. The lowest BCUT2D eigenvalue weighted by atomic mass is 10.2. The van der Waals surface area contributed by atoms with Crippen LogP contribution in [0.3, 0.4) is 0 Å². The lowest BCUT2D eigenvalue weighted by Gasteiger charge is -2.02.